The maximum absolute atomic E-state index is 13.1. The minimum Gasteiger partial charge on any atom is -0.326 e. The number of hydrogen-bond acceptors (Lipinski definition) is 3. The Bertz CT molecular complexity index is 442. The van der Waals surface area contributed by atoms with Gasteiger partial charge in [0.2, 0.25) is 0 Å². The first-order valence-corrected chi connectivity index (χ1v) is 7.27. The molecule has 112 valence electrons. The molecular formula is C16H26FN3. The third-order valence-electron chi connectivity index (χ3n) is 4.45. The summed E-state index contributed by atoms with van der Waals surface area (Å²) in [7, 11) is 2.16. The molecule has 0 amide bonds. The number of likely N-dealkylation sites (N-methyl/N-ethyl adjacent to an activating group) is 1. The molecule has 0 bridgehead atoms. The lowest BCUT2D eigenvalue weighted by molar-refractivity contribution is 0.0112. The van der Waals surface area contributed by atoms with E-state index in [1.54, 1.807) is 0 Å². The van der Waals surface area contributed by atoms with E-state index in [-0.39, 0.29) is 23.4 Å². The van der Waals surface area contributed by atoms with Crippen LogP contribution in [-0.2, 0) is 0 Å². The third kappa shape index (κ3) is 3.19. The van der Waals surface area contributed by atoms with E-state index in [1.165, 1.54) is 12.1 Å². The molecule has 1 heterocycles. The summed E-state index contributed by atoms with van der Waals surface area (Å²) in [6, 6.07) is 6.91. The van der Waals surface area contributed by atoms with Gasteiger partial charge in [-0.3, -0.25) is 9.80 Å². The highest BCUT2D eigenvalue weighted by Gasteiger charge is 2.35. The minimum atomic E-state index is -0.198. The number of piperazine rings is 1. The van der Waals surface area contributed by atoms with Crippen molar-refractivity contribution >= 4 is 0 Å². The van der Waals surface area contributed by atoms with Gasteiger partial charge in [-0.05, 0) is 45.5 Å². The first kappa shape index (κ1) is 15.4. The van der Waals surface area contributed by atoms with Gasteiger partial charge in [0.05, 0.1) is 0 Å². The molecule has 2 unspecified atom stereocenters. The smallest absolute Gasteiger partial charge is 0.123 e. The zero-order valence-corrected chi connectivity index (χ0v) is 12.9. The SMILES string of the molecule is CC(N)C(c1ccc(F)cc1)N1CCN(C)C(C)(C)C1. The quantitative estimate of drug-likeness (QED) is 0.921. The van der Waals surface area contributed by atoms with Crippen molar-refractivity contribution in [1.29, 1.82) is 0 Å². The van der Waals surface area contributed by atoms with Crippen molar-refractivity contribution in [3.63, 3.8) is 0 Å². The van der Waals surface area contributed by atoms with Crippen LogP contribution in [0.15, 0.2) is 24.3 Å². The first-order chi connectivity index (χ1) is 9.31. The van der Waals surface area contributed by atoms with Gasteiger partial charge in [-0.15, -0.1) is 0 Å². The minimum absolute atomic E-state index is 0.0136. The fraction of sp³-hybridized carbons (Fsp3) is 0.625. The Hall–Kier alpha value is -0.970. The largest absolute Gasteiger partial charge is 0.326 e. The number of hydrogen-bond donors (Lipinski definition) is 1. The van der Waals surface area contributed by atoms with Gasteiger partial charge in [-0.2, -0.15) is 0 Å². The van der Waals surface area contributed by atoms with Gasteiger partial charge < -0.3 is 5.73 Å². The molecule has 0 aliphatic carbocycles. The number of halogens is 1. The zero-order chi connectivity index (χ0) is 14.9. The number of nitrogens with two attached hydrogens (primary N) is 1. The summed E-state index contributed by atoms with van der Waals surface area (Å²) in [5, 5.41) is 0. The van der Waals surface area contributed by atoms with Gasteiger partial charge in [-0.1, -0.05) is 12.1 Å². The highest BCUT2D eigenvalue weighted by atomic mass is 19.1. The second-order valence-corrected chi connectivity index (χ2v) is 6.56. The monoisotopic (exact) mass is 279 g/mol. The molecule has 1 aliphatic rings. The van der Waals surface area contributed by atoms with E-state index >= 15 is 0 Å². The average Bonchev–Trinajstić information content (AvgIpc) is 2.36. The molecule has 2 atom stereocenters. The van der Waals surface area contributed by atoms with Crippen LogP contribution >= 0.6 is 0 Å². The molecule has 1 fully saturated rings. The van der Waals surface area contributed by atoms with Gasteiger partial charge >= 0.3 is 0 Å². The second-order valence-electron chi connectivity index (χ2n) is 6.56. The highest BCUT2D eigenvalue weighted by molar-refractivity contribution is 5.22. The van der Waals surface area contributed by atoms with Crippen molar-refractivity contribution in [3.8, 4) is 0 Å². The average molecular weight is 279 g/mol. The van der Waals surface area contributed by atoms with Crippen LogP contribution in [0.4, 0.5) is 4.39 Å². The van der Waals surface area contributed by atoms with E-state index in [9.17, 15) is 4.39 Å². The summed E-state index contributed by atoms with van der Waals surface area (Å²) in [6.45, 7) is 9.51. The van der Waals surface area contributed by atoms with Crippen molar-refractivity contribution in [2.75, 3.05) is 26.7 Å². The molecule has 2 N–H and O–H groups in total. The standard InChI is InChI=1S/C16H26FN3/c1-12(18)15(13-5-7-14(17)8-6-13)20-10-9-19(4)16(2,3)11-20/h5-8,12,15H,9-11,18H2,1-4H3. The van der Waals surface area contributed by atoms with E-state index in [1.807, 2.05) is 19.1 Å². The van der Waals surface area contributed by atoms with Crippen LogP contribution in [-0.4, -0.2) is 48.1 Å². The van der Waals surface area contributed by atoms with Gasteiger partial charge in [0, 0.05) is 37.3 Å². The number of nitrogens with zero attached hydrogens (tertiary/aromatic N) is 2. The van der Waals surface area contributed by atoms with Gasteiger partial charge in [0.1, 0.15) is 5.82 Å². The Morgan fingerprint density at radius 2 is 1.80 bits per heavy atom. The predicted octanol–water partition coefficient (Wildman–Crippen LogP) is 2.24. The summed E-state index contributed by atoms with van der Waals surface area (Å²) >= 11 is 0. The van der Waals surface area contributed by atoms with Crippen molar-refractivity contribution in [2.45, 2.75) is 38.4 Å². The molecule has 1 aromatic rings. The third-order valence-corrected chi connectivity index (χ3v) is 4.45. The molecule has 2 rings (SSSR count). The summed E-state index contributed by atoms with van der Waals surface area (Å²) in [5.41, 5.74) is 7.44. The summed E-state index contributed by atoms with van der Waals surface area (Å²) in [6.07, 6.45) is 0. The molecule has 0 radical (unpaired) electrons. The first-order valence-electron chi connectivity index (χ1n) is 7.27. The Balaban J connectivity index is 2.23. The molecule has 20 heavy (non-hydrogen) atoms. The lowest BCUT2D eigenvalue weighted by Gasteiger charge is -2.48. The van der Waals surface area contributed by atoms with Crippen LogP contribution in [0, 0.1) is 5.82 Å². The van der Waals surface area contributed by atoms with E-state index in [4.69, 9.17) is 5.73 Å². The summed E-state index contributed by atoms with van der Waals surface area (Å²) in [4.78, 5) is 4.81. The van der Waals surface area contributed by atoms with Crippen molar-refractivity contribution in [2.24, 2.45) is 5.73 Å². The zero-order valence-electron chi connectivity index (χ0n) is 12.9. The maximum Gasteiger partial charge on any atom is 0.123 e. The van der Waals surface area contributed by atoms with Crippen molar-refractivity contribution < 1.29 is 4.39 Å². The van der Waals surface area contributed by atoms with Crippen LogP contribution in [0.5, 0.6) is 0 Å². The molecule has 1 aliphatic heterocycles. The van der Waals surface area contributed by atoms with Gasteiger partial charge in [0.25, 0.3) is 0 Å². The molecule has 4 heteroatoms. The van der Waals surface area contributed by atoms with Crippen LogP contribution in [0.2, 0.25) is 0 Å². The molecule has 3 nitrogen and oxygen atoms in total. The summed E-state index contributed by atoms with van der Waals surface area (Å²) < 4.78 is 13.1. The van der Waals surface area contributed by atoms with Crippen LogP contribution in [0.25, 0.3) is 0 Å². The van der Waals surface area contributed by atoms with Crippen molar-refractivity contribution in [1.82, 2.24) is 9.80 Å². The lowest BCUT2D eigenvalue weighted by Crippen LogP contribution is -2.59. The molecule has 0 saturated carbocycles. The predicted molar refractivity (Wildman–Crippen MR) is 81.1 cm³/mol. The van der Waals surface area contributed by atoms with Crippen LogP contribution < -0.4 is 5.73 Å². The molecule has 1 aromatic carbocycles. The second kappa shape index (κ2) is 5.80. The van der Waals surface area contributed by atoms with E-state index in [0.29, 0.717) is 0 Å². The Labute approximate surface area is 121 Å². The highest BCUT2D eigenvalue weighted by Crippen LogP contribution is 2.29. The fourth-order valence-corrected chi connectivity index (χ4v) is 3.02. The normalized spacial score (nSPS) is 23.5. The van der Waals surface area contributed by atoms with E-state index in [0.717, 1.165) is 25.2 Å². The Morgan fingerprint density at radius 1 is 1.20 bits per heavy atom. The van der Waals surface area contributed by atoms with Crippen LogP contribution in [0.1, 0.15) is 32.4 Å². The molecular weight excluding hydrogens is 253 g/mol. The Morgan fingerprint density at radius 3 is 2.30 bits per heavy atom. The maximum atomic E-state index is 13.1. The molecule has 0 spiro atoms. The number of benzene rings is 1. The van der Waals surface area contributed by atoms with Gasteiger partial charge in [-0.25, -0.2) is 4.39 Å². The topological polar surface area (TPSA) is 32.5 Å². The van der Waals surface area contributed by atoms with Crippen LogP contribution in [0.3, 0.4) is 0 Å². The van der Waals surface area contributed by atoms with E-state index < -0.39 is 0 Å². The number of rotatable bonds is 3. The fourth-order valence-electron chi connectivity index (χ4n) is 3.02. The molecule has 0 aromatic heterocycles. The summed E-state index contributed by atoms with van der Waals surface area (Å²) in [5.74, 6) is -0.198. The van der Waals surface area contributed by atoms with E-state index in [2.05, 4.69) is 30.7 Å². The Kier molecular flexibility index (Phi) is 4.47. The van der Waals surface area contributed by atoms with Gasteiger partial charge in [0.15, 0.2) is 0 Å². The lowest BCUT2D eigenvalue weighted by atomic mass is 9.93. The molecule has 1 saturated heterocycles. The van der Waals surface area contributed by atoms with Crippen molar-refractivity contribution in [3.05, 3.63) is 35.6 Å².